The molecule has 2 heterocycles. The zero-order valence-electron chi connectivity index (χ0n) is 12.6. The second-order valence-corrected chi connectivity index (χ2v) is 6.53. The summed E-state index contributed by atoms with van der Waals surface area (Å²) in [6.45, 7) is 3.64. The predicted octanol–water partition coefficient (Wildman–Crippen LogP) is 2.97. The Bertz CT molecular complexity index is 712. The Labute approximate surface area is 136 Å². The number of amides is 1. The van der Waals surface area contributed by atoms with E-state index in [2.05, 4.69) is 0 Å². The molecule has 1 aliphatic carbocycles. The molecule has 4 nitrogen and oxygen atoms in total. The van der Waals surface area contributed by atoms with Gasteiger partial charge in [-0.3, -0.25) is 4.79 Å². The number of hydrogen-bond donors (Lipinski definition) is 1. The summed E-state index contributed by atoms with van der Waals surface area (Å²) in [7, 11) is 0. The Morgan fingerprint density at radius 1 is 1.27 bits per heavy atom. The first kappa shape index (κ1) is 15.4. The fraction of sp³-hybridized carbons (Fsp3) is 0.471. The summed E-state index contributed by atoms with van der Waals surface area (Å²) in [5.41, 5.74) is 8.09. The van der Waals surface area contributed by atoms with Crippen LogP contribution in [0.15, 0.2) is 28.7 Å². The quantitative estimate of drug-likeness (QED) is 0.878. The predicted molar refractivity (Wildman–Crippen MR) is 88.3 cm³/mol. The Hall–Kier alpha value is -1.52. The zero-order valence-corrected chi connectivity index (χ0v) is 13.4. The average Bonchev–Trinajstić information content (AvgIpc) is 3.13. The van der Waals surface area contributed by atoms with E-state index in [0.29, 0.717) is 17.6 Å². The van der Waals surface area contributed by atoms with Crippen LogP contribution in [0.3, 0.4) is 0 Å². The lowest BCUT2D eigenvalue weighted by Gasteiger charge is -2.17. The molecule has 0 radical (unpaired) electrons. The van der Waals surface area contributed by atoms with E-state index < -0.39 is 0 Å². The number of carbonyl (C=O) groups excluding carboxylic acids is 1. The zero-order chi connectivity index (χ0) is 14.6. The topological polar surface area (TPSA) is 59.5 Å². The van der Waals surface area contributed by atoms with Gasteiger partial charge in [-0.2, -0.15) is 0 Å². The van der Waals surface area contributed by atoms with E-state index in [-0.39, 0.29) is 24.4 Å². The smallest absolute Gasteiger partial charge is 0.289 e. The van der Waals surface area contributed by atoms with Crippen molar-refractivity contribution in [1.82, 2.24) is 4.90 Å². The molecule has 1 saturated carbocycles. The Kier molecular flexibility index (Phi) is 3.91. The van der Waals surface area contributed by atoms with Gasteiger partial charge in [0, 0.05) is 24.5 Å². The number of likely N-dealkylation sites (tertiary alicyclic amines) is 1. The van der Waals surface area contributed by atoms with Crippen molar-refractivity contribution in [1.29, 1.82) is 0 Å². The van der Waals surface area contributed by atoms with E-state index >= 15 is 0 Å². The van der Waals surface area contributed by atoms with Gasteiger partial charge in [0.15, 0.2) is 5.76 Å². The van der Waals surface area contributed by atoms with Crippen LogP contribution in [-0.2, 0) is 0 Å². The normalized spacial score (nSPS) is 27.0. The van der Waals surface area contributed by atoms with E-state index in [4.69, 9.17) is 10.2 Å². The molecule has 2 aliphatic rings. The summed E-state index contributed by atoms with van der Waals surface area (Å²) in [4.78, 5) is 14.5. The molecule has 2 fully saturated rings. The number of rotatable bonds is 1. The Morgan fingerprint density at radius 3 is 2.86 bits per heavy atom. The monoisotopic (exact) mass is 320 g/mol. The van der Waals surface area contributed by atoms with Gasteiger partial charge in [0.2, 0.25) is 0 Å². The first-order chi connectivity index (χ1) is 10.1. The molecule has 22 heavy (non-hydrogen) atoms. The van der Waals surface area contributed by atoms with E-state index in [9.17, 15) is 4.79 Å². The number of halogens is 1. The lowest BCUT2D eigenvalue weighted by molar-refractivity contribution is 0.0750. The van der Waals surface area contributed by atoms with Crippen molar-refractivity contribution in [3.8, 4) is 0 Å². The molecular formula is C17H21ClN2O2. The number of nitrogens with zero attached hydrogens (tertiary/aromatic N) is 1. The van der Waals surface area contributed by atoms with Crippen LogP contribution in [0.4, 0.5) is 0 Å². The third-order valence-corrected chi connectivity index (χ3v) is 5.08. The molecule has 3 atom stereocenters. The maximum Gasteiger partial charge on any atom is 0.289 e. The first-order valence-electron chi connectivity index (χ1n) is 7.67. The molecule has 118 valence electrons. The third kappa shape index (κ3) is 2.40. The highest BCUT2D eigenvalue weighted by molar-refractivity contribution is 5.96. The molecule has 1 saturated heterocycles. The van der Waals surface area contributed by atoms with Gasteiger partial charge in [-0.25, -0.2) is 0 Å². The molecule has 1 amide bonds. The van der Waals surface area contributed by atoms with Gasteiger partial charge in [0.25, 0.3) is 5.91 Å². The SMILES string of the molecule is Cc1ccc2oc(C(=O)N3CC4CCC(N)C4C3)cc2c1.Cl. The van der Waals surface area contributed by atoms with Gasteiger partial charge in [0.1, 0.15) is 5.58 Å². The number of nitrogens with two attached hydrogens (primary N) is 1. The highest BCUT2D eigenvalue weighted by atomic mass is 35.5. The summed E-state index contributed by atoms with van der Waals surface area (Å²) < 4.78 is 5.72. The van der Waals surface area contributed by atoms with Gasteiger partial charge >= 0.3 is 0 Å². The summed E-state index contributed by atoms with van der Waals surface area (Å²) >= 11 is 0. The van der Waals surface area contributed by atoms with Gasteiger partial charge < -0.3 is 15.1 Å². The molecule has 0 bridgehead atoms. The molecular weight excluding hydrogens is 300 g/mol. The number of carbonyl (C=O) groups is 1. The third-order valence-electron chi connectivity index (χ3n) is 5.08. The van der Waals surface area contributed by atoms with Crippen molar-refractivity contribution in [2.45, 2.75) is 25.8 Å². The Balaban J connectivity index is 0.00000144. The number of furan rings is 1. The summed E-state index contributed by atoms with van der Waals surface area (Å²) in [5.74, 6) is 1.51. The highest BCUT2D eigenvalue weighted by Crippen LogP contribution is 2.37. The lowest BCUT2D eigenvalue weighted by atomic mass is 9.98. The van der Waals surface area contributed by atoms with E-state index in [0.717, 1.165) is 36.9 Å². The number of benzene rings is 1. The summed E-state index contributed by atoms with van der Waals surface area (Å²) in [6.07, 6.45) is 2.25. The summed E-state index contributed by atoms with van der Waals surface area (Å²) in [6, 6.07) is 8.09. The molecule has 1 aliphatic heterocycles. The van der Waals surface area contributed by atoms with Crippen molar-refractivity contribution in [2.24, 2.45) is 17.6 Å². The molecule has 2 N–H and O–H groups in total. The molecule has 3 unspecified atom stereocenters. The largest absolute Gasteiger partial charge is 0.451 e. The van der Waals surface area contributed by atoms with Crippen LogP contribution in [-0.4, -0.2) is 29.9 Å². The minimum Gasteiger partial charge on any atom is -0.451 e. The van der Waals surface area contributed by atoms with Crippen molar-refractivity contribution in [2.75, 3.05) is 13.1 Å². The maximum atomic E-state index is 12.6. The van der Waals surface area contributed by atoms with E-state index in [1.54, 1.807) is 0 Å². The molecule has 0 spiro atoms. The average molecular weight is 321 g/mol. The van der Waals surface area contributed by atoms with Crippen LogP contribution >= 0.6 is 12.4 Å². The van der Waals surface area contributed by atoms with Gasteiger partial charge in [-0.15, -0.1) is 12.4 Å². The second-order valence-electron chi connectivity index (χ2n) is 6.53. The standard InChI is InChI=1S/C17H20N2O2.ClH/c1-10-2-5-15-12(6-10)7-16(21-15)17(20)19-8-11-3-4-14(18)13(11)9-19;/h2,5-7,11,13-14H,3-4,8-9,18H2,1H3;1H. The number of fused-ring (bicyclic) bond motifs is 2. The Morgan fingerprint density at radius 2 is 2.09 bits per heavy atom. The van der Waals surface area contributed by atoms with Crippen LogP contribution in [0.2, 0.25) is 0 Å². The van der Waals surface area contributed by atoms with Gasteiger partial charge in [-0.05, 0) is 49.8 Å². The van der Waals surface area contributed by atoms with Crippen LogP contribution in [0.25, 0.3) is 11.0 Å². The molecule has 2 aromatic rings. The number of aryl methyl sites for hydroxylation is 1. The first-order valence-corrected chi connectivity index (χ1v) is 7.67. The van der Waals surface area contributed by atoms with E-state index in [1.165, 1.54) is 5.56 Å². The molecule has 1 aromatic carbocycles. The molecule has 1 aromatic heterocycles. The fourth-order valence-corrected chi connectivity index (χ4v) is 3.90. The van der Waals surface area contributed by atoms with Crippen LogP contribution < -0.4 is 5.73 Å². The second kappa shape index (κ2) is 5.60. The van der Waals surface area contributed by atoms with Gasteiger partial charge in [0.05, 0.1) is 0 Å². The fourth-order valence-electron chi connectivity index (χ4n) is 3.90. The van der Waals surface area contributed by atoms with Crippen molar-refractivity contribution in [3.63, 3.8) is 0 Å². The van der Waals surface area contributed by atoms with Crippen molar-refractivity contribution < 1.29 is 9.21 Å². The van der Waals surface area contributed by atoms with Gasteiger partial charge in [-0.1, -0.05) is 11.6 Å². The molecule has 4 rings (SSSR count). The summed E-state index contributed by atoms with van der Waals surface area (Å²) in [5, 5.41) is 0.995. The van der Waals surface area contributed by atoms with Crippen LogP contribution in [0, 0.1) is 18.8 Å². The van der Waals surface area contributed by atoms with Crippen molar-refractivity contribution in [3.05, 3.63) is 35.6 Å². The molecule has 5 heteroatoms. The lowest BCUT2D eigenvalue weighted by Crippen LogP contribution is -2.33. The minimum absolute atomic E-state index is 0. The maximum absolute atomic E-state index is 12.6. The minimum atomic E-state index is 0. The van der Waals surface area contributed by atoms with Crippen LogP contribution in [0.1, 0.15) is 29.0 Å². The number of hydrogen-bond acceptors (Lipinski definition) is 3. The highest BCUT2D eigenvalue weighted by Gasteiger charge is 2.43. The van der Waals surface area contributed by atoms with Crippen LogP contribution in [0.5, 0.6) is 0 Å². The van der Waals surface area contributed by atoms with Crippen molar-refractivity contribution >= 4 is 29.3 Å². The van der Waals surface area contributed by atoms with E-state index in [1.807, 2.05) is 36.1 Å².